The number of aryl methyl sites for hydroxylation is 1. The van der Waals surface area contributed by atoms with Crippen LogP contribution in [-0.4, -0.2) is 18.6 Å². The number of hydrogen-bond acceptors (Lipinski definition) is 5. The van der Waals surface area contributed by atoms with Gasteiger partial charge in [0.2, 0.25) is 5.89 Å². The molecular formula is C12H14ClN3O3S. The van der Waals surface area contributed by atoms with Crippen molar-refractivity contribution >= 4 is 27.6 Å². The lowest BCUT2D eigenvalue weighted by Crippen LogP contribution is -2.15. The van der Waals surface area contributed by atoms with E-state index in [1.807, 2.05) is 13.8 Å². The Balaban J connectivity index is 2.40. The Bertz CT molecular complexity index is 725. The summed E-state index contributed by atoms with van der Waals surface area (Å²) in [6, 6.07) is 4.90. The van der Waals surface area contributed by atoms with E-state index in [-0.39, 0.29) is 27.7 Å². The van der Waals surface area contributed by atoms with Crippen molar-refractivity contribution in [1.29, 1.82) is 0 Å². The van der Waals surface area contributed by atoms with Crippen molar-refractivity contribution in [2.45, 2.75) is 31.6 Å². The van der Waals surface area contributed by atoms with Crippen LogP contribution >= 0.6 is 11.6 Å². The predicted molar refractivity (Wildman–Crippen MR) is 75.4 cm³/mol. The average molecular weight is 316 g/mol. The highest BCUT2D eigenvalue weighted by molar-refractivity contribution is 7.92. The van der Waals surface area contributed by atoms with E-state index in [4.69, 9.17) is 16.1 Å². The highest BCUT2D eigenvalue weighted by Crippen LogP contribution is 2.27. The molecule has 2 rings (SSSR count). The second-order valence-corrected chi connectivity index (χ2v) is 6.65. The summed E-state index contributed by atoms with van der Waals surface area (Å²) >= 11 is 5.97. The lowest BCUT2D eigenvalue weighted by atomic mass is 10.0. The first-order chi connectivity index (χ1) is 9.29. The van der Waals surface area contributed by atoms with Gasteiger partial charge in [-0.2, -0.15) is 4.98 Å². The Morgan fingerprint density at radius 2 is 2.05 bits per heavy atom. The SMILES string of the molecule is Cc1nc(NS(=O)(=O)c2cc(C(C)C)ccc2Cl)no1. The zero-order valence-corrected chi connectivity index (χ0v) is 12.8. The van der Waals surface area contributed by atoms with Crippen LogP contribution in [0, 0.1) is 6.92 Å². The van der Waals surface area contributed by atoms with Crippen molar-refractivity contribution in [3.8, 4) is 0 Å². The third-order valence-electron chi connectivity index (χ3n) is 2.66. The number of nitrogens with zero attached hydrogens (tertiary/aromatic N) is 2. The molecule has 0 atom stereocenters. The van der Waals surface area contributed by atoms with Crippen molar-refractivity contribution in [2.24, 2.45) is 0 Å². The van der Waals surface area contributed by atoms with Crippen LogP contribution in [0.4, 0.5) is 5.95 Å². The van der Waals surface area contributed by atoms with Crippen LogP contribution in [0.2, 0.25) is 5.02 Å². The molecule has 0 spiro atoms. The van der Waals surface area contributed by atoms with E-state index in [1.165, 1.54) is 0 Å². The van der Waals surface area contributed by atoms with Gasteiger partial charge in [0.25, 0.3) is 16.0 Å². The molecule has 0 aliphatic carbocycles. The molecule has 0 unspecified atom stereocenters. The minimum absolute atomic E-state index is 0.00665. The highest BCUT2D eigenvalue weighted by Gasteiger charge is 2.21. The van der Waals surface area contributed by atoms with Gasteiger partial charge in [0.15, 0.2) is 0 Å². The summed E-state index contributed by atoms with van der Waals surface area (Å²) in [6.07, 6.45) is 0. The Hall–Kier alpha value is -1.60. The van der Waals surface area contributed by atoms with Gasteiger partial charge in [0, 0.05) is 6.92 Å². The number of nitrogens with one attached hydrogen (secondary N) is 1. The second-order valence-electron chi connectivity index (χ2n) is 4.59. The van der Waals surface area contributed by atoms with E-state index in [0.717, 1.165) is 5.56 Å². The molecule has 0 bridgehead atoms. The number of hydrogen-bond donors (Lipinski definition) is 1. The third-order valence-corrected chi connectivity index (χ3v) is 4.47. The first kappa shape index (κ1) is 14.8. The number of rotatable bonds is 4. The van der Waals surface area contributed by atoms with Crippen molar-refractivity contribution in [3.05, 3.63) is 34.7 Å². The van der Waals surface area contributed by atoms with Crippen molar-refractivity contribution in [2.75, 3.05) is 4.72 Å². The minimum atomic E-state index is -3.85. The Labute approximate surface area is 122 Å². The quantitative estimate of drug-likeness (QED) is 0.937. The molecular weight excluding hydrogens is 302 g/mol. The van der Waals surface area contributed by atoms with E-state index >= 15 is 0 Å². The number of halogens is 1. The Morgan fingerprint density at radius 1 is 1.35 bits per heavy atom. The number of anilines is 1. The fourth-order valence-corrected chi connectivity index (χ4v) is 3.07. The van der Waals surface area contributed by atoms with Gasteiger partial charge in [-0.3, -0.25) is 0 Å². The number of benzene rings is 1. The van der Waals surface area contributed by atoms with E-state index in [9.17, 15) is 8.42 Å². The molecule has 0 saturated carbocycles. The molecule has 0 aliphatic heterocycles. The second kappa shape index (κ2) is 5.41. The van der Waals surface area contributed by atoms with Crippen LogP contribution in [0.3, 0.4) is 0 Å². The van der Waals surface area contributed by atoms with Crippen LogP contribution in [-0.2, 0) is 10.0 Å². The van der Waals surface area contributed by atoms with E-state index in [0.29, 0.717) is 0 Å². The topological polar surface area (TPSA) is 85.1 Å². The fourth-order valence-electron chi connectivity index (χ4n) is 1.60. The summed E-state index contributed by atoms with van der Waals surface area (Å²) in [5.41, 5.74) is 0.874. The van der Waals surface area contributed by atoms with Gasteiger partial charge in [0.05, 0.1) is 5.02 Å². The van der Waals surface area contributed by atoms with Gasteiger partial charge in [-0.1, -0.05) is 31.5 Å². The van der Waals surface area contributed by atoms with E-state index < -0.39 is 10.0 Å². The first-order valence-electron chi connectivity index (χ1n) is 5.92. The largest absolute Gasteiger partial charge is 0.338 e. The highest BCUT2D eigenvalue weighted by atomic mass is 35.5. The van der Waals surface area contributed by atoms with Gasteiger partial charge in [-0.15, -0.1) is 0 Å². The summed E-state index contributed by atoms with van der Waals surface area (Å²) in [4.78, 5) is 3.79. The lowest BCUT2D eigenvalue weighted by molar-refractivity contribution is 0.395. The molecule has 0 aliphatic rings. The van der Waals surface area contributed by atoms with Crippen LogP contribution in [0.25, 0.3) is 0 Å². The third kappa shape index (κ3) is 3.10. The molecule has 1 aromatic carbocycles. The van der Waals surface area contributed by atoms with E-state index in [1.54, 1.807) is 25.1 Å². The zero-order chi connectivity index (χ0) is 14.9. The van der Waals surface area contributed by atoms with Gasteiger partial charge >= 0.3 is 0 Å². The number of aromatic nitrogens is 2. The summed E-state index contributed by atoms with van der Waals surface area (Å²) < 4.78 is 31.5. The van der Waals surface area contributed by atoms with Crippen LogP contribution in [0.5, 0.6) is 0 Å². The summed E-state index contributed by atoms with van der Waals surface area (Å²) in [7, 11) is -3.85. The van der Waals surface area contributed by atoms with Crippen molar-refractivity contribution in [1.82, 2.24) is 10.1 Å². The minimum Gasteiger partial charge on any atom is -0.338 e. The first-order valence-corrected chi connectivity index (χ1v) is 7.78. The maximum atomic E-state index is 12.3. The summed E-state index contributed by atoms with van der Waals surface area (Å²) in [6.45, 7) is 5.50. The molecule has 1 heterocycles. The zero-order valence-electron chi connectivity index (χ0n) is 11.2. The molecule has 2 aromatic rings. The van der Waals surface area contributed by atoms with Crippen molar-refractivity contribution < 1.29 is 12.9 Å². The monoisotopic (exact) mass is 315 g/mol. The summed E-state index contributed by atoms with van der Waals surface area (Å²) in [5, 5.41) is 3.64. The van der Waals surface area contributed by atoms with Crippen LogP contribution in [0.1, 0.15) is 31.2 Å². The molecule has 8 heteroatoms. The molecule has 0 saturated heterocycles. The van der Waals surface area contributed by atoms with Crippen LogP contribution < -0.4 is 4.72 Å². The molecule has 0 radical (unpaired) electrons. The van der Waals surface area contributed by atoms with Gasteiger partial charge in [-0.25, -0.2) is 13.1 Å². The number of sulfonamides is 1. The smallest absolute Gasteiger partial charge is 0.277 e. The van der Waals surface area contributed by atoms with Gasteiger partial charge in [-0.05, 0) is 28.8 Å². The lowest BCUT2D eigenvalue weighted by Gasteiger charge is -2.10. The average Bonchev–Trinajstić information content (AvgIpc) is 2.73. The van der Waals surface area contributed by atoms with Gasteiger partial charge in [0.1, 0.15) is 4.90 Å². The molecule has 20 heavy (non-hydrogen) atoms. The maximum absolute atomic E-state index is 12.3. The molecule has 1 N–H and O–H groups in total. The standard InChI is InChI=1S/C12H14ClN3O3S/c1-7(2)9-4-5-10(13)11(6-9)20(17,18)16-12-14-8(3)19-15-12/h4-7H,1-3H3,(H,15,16). The predicted octanol–water partition coefficient (Wildman–Crippen LogP) is 2.96. The molecule has 0 amide bonds. The van der Waals surface area contributed by atoms with Gasteiger partial charge < -0.3 is 4.52 Å². The molecule has 108 valence electrons. The summed E-state index contributed by atoms with van der Waals surface area (Å²) in [5.74, 6) is 0.340. The fraction of sp³-hybridized carbons (Fsp3) is 0.333. The molecule has 1 aromatic heterocycles. The van der Waals surface area contributed by atoms with Crippen LogP contribution in [0.15, 0.2) is 27.6 Å². The molecule has 0 fully saturated rings. The maximum Gasteiger partial charge on any atom is 0.277 e. The van der Waals surface area contributed by atoms with Crippen molar-refractivity contribution in [3.63, 3.8) is 0 Å². The van der Waals surface area contributed by atoms with E-state index in [2.05, 4.69) is 14.9 Å². The normalized spacial score (nSPS) is 11.8. The Kier molecular flexibility index (Phi) is 4.01. The molecule has 6 nitrogen and oxygen atoms in total. The Morgan fingerprint density at radius 3 is 2.60 bits per heavy atom.